The standard InChI is InChI=1S/C15H20ClN3O2/c1-5-19-13(15(16)10(2)18-19)9-17-12-7-6-11(20-3)8-14(12)21-4/h6-8,17H,5,9H2,1-4H3. The molecule has 114 valence electrons. The lowest BCUT2D eigenvalue weighted by atomic mass is 10.2. The average Bonchev–Trinajstić information content (AvgIpc) is 2.79. The number of aryl methyl sites for hydroxylation is 2. The van der Waals surface area contributed by atoms with Gasteiger partial charge in [0.2, 0.25) is 0 Å². The highest BCUT2D eigenvalue weighted by atomic mass is 35.5. The van der Waals surface area contributed by atoms with E-state index in [4.69, 9.17) is 21.1 Å². The van der Waals surface area contributed by atoms with E-state index in [0.717, 1.165) is 35.1 Å². The molecule has 0 unspecified atom stereocenters. The van der Waals surface area contributed by atoms with Crippen molar-refractivity contribution >= 4 is 17.3 Å². The van der Waals surface area contributed by atoms with Crippen LogP contribution in [0.25, 0.3) is 0 Å². The predicted octanol–water partition coefficient (Wildman–Crippen LogP) is 3.49. The largest absolute Gasteiger partial charge is 0.497 e. The number of anilines is 1. The Kier molecular flexibility index (Phi) is 4.96. The number of aromatic nitrogens is 2. The summed E-state index contributed by atoms with van der Waals surface area (Å²) in [5.41, 5.74) is 2.70. The molecule has 0 radical (unpaired) electrons. The molecule has 0 bridgehead atoms. The van der Waals surface area contributed by atoms with Crippen LogP contribution in [-0.4, -0.2) is 24.0 Å². The molecule has 1 aromatic carbocycles. The molecule has 0 fully saturated rings. The van der Waals surface area contributed by atoms with Crippen molar-refractivity contribution in [1.82, 2.24) is 9.78 Å². The van der Waals surface area contributed by atoms with Crippen LogP contribution < -0.4 is 14.8 Å². The fourth-order valence-corrected chi connectivity index (χ4v) is 2.36. The molecule has 0 amide bonds. The number of nitrogens with zero attached hydrogens (tertiary/aromatic N) is 2. The third-order valence-electron chi connectivity index (χ3n) is 3.31. The van der Waals surface area contributed by atoms with E-state index in [0.29, 0.717) is 11.6 Å². The van der Waals surface area contributed by atoms with Gasteiger partial charge in [0.1, 0.15) is 11.5 Å². The van der Waals surface area contributed by atoms with Crippen molar-refractivity contribution in [2.24, 2.45) is 0 Å². The topological polar surface area (TPSA) is 48.3 Å². The minimum absolute atomic E-state index is 0.580. The molecular formula is C15H20ClN3O2. The molecule has 0 aliphatic heterocycles. The van der Waals surface area contributed by atoms with Crippen molar-refractivity contribution in [3.8, 4) is 11.5 Å². The molecule has 0 atom stereocenters. The Morgan fingerprint density at radius 1 is 1.29 bits per heavy atom. The van der Waals surface area contributed by atoms with E-state index in [1.165, 1.54) is 0 Å². The van der Waals surface area contributed by atoms with Crippen LogP contribution in [0.1, 0.15) is 18.3 Å². The number of ether oxygens (including phenoxy) is 2. The van der Waals surface area contributed by atoms with E-state index in [9.17, 15) is 0 Å². The van der Waals surface area contributed by atoms with Crippen LogP contribution in [0, 0.1) is 6.92 Å². The van der Waals surface area contributed by atoms with Gasteiger partial charge in [-0.05, 0) is 26.0 Å². The summed E-state index contributed by atoms with van der Waals surface area (Å²) in [6.07, 6.45) is 0. The minimum Gasteiger partial charge on any atom is -0.497 e. The summed E-state index contributed by atoms with van der Waals surface area (Å²) in [5, 5.41) is 8.44. The maximum absolute atomic E-state index is 6.31. The van der Waals surface area contributed by atoms with Gasteiger partial charge < -0.3 is 14.8 Å². The number of hydrogen-bond donors (Lipinski definition) is 1. The van der Waals surface area contributed by atoms with Gasteiger partial charge in [0, 0.05) is 12.6 Å². The van der Waals surface area contributed by atoms with Crippen molar-refractivity contribution < 1.29 is 9.47 Å². The lowest BCUT2D eigenvalue weighted by Crippen LogP contribution is -2.09. The Labute approximate surface area is 129 Å². The first-order valence-electron chi connectivity index (χ1n) is 6.78. The lowest BCUT2D eigenvalue weighted by Gasteiger charge is -2.13. The third-order valence-corrected chi connectivity index (χ3v) is 3.80. The van der Waals surface area contributed by atoms with Gasteiger partial charge in [-0.2, -0.15) is 5.10 Å². The quantitative estimate of drug-likeness (QED) is 0.887. The highest BCUT2D eigenvalue weighted by Gasteiger charge is 2.13. The van der Waals surface area contributed by atoms with Crippen LogP contribution in [-0.2, 0) is 13.1 Å². The van der Waals surface area contributed by atoms with Gasteiger partial charge in [-0.1, -0.05) is 11.6 Å². The highest BCUT2D eigenvalue weighted by molar-refractivity contribution is 6.31. The Morgan fingerprint density at radius 3 is 2.67 bits per heavy atom. The second-order valence-electron chi connectivity index (χ2n) is 4.58. The smallest absolute Gasteiger partial charge is 0.145 e. The van der Waals surface area contributed by atoms with Crippen LogP contribution in [0.5, 0.6) is 11.5 Å². The summed E-state index contributed by atoms with van der Waals surface area (Å²) >= 11 is 6.31. The van der Waals surface area contributed by atoms with Crippen molar-refractivity contribution in [2.45, 2.75) is 26.9 Å². The lowest BCUT2D eigenvalue weighted by molar-refractivity contribution is 0.395. The van der Waals surface area contributed by atoms with Gasteiger partial charge in [-0.25, -0.2) is 0 Å². The number of rotatable bonds is 6. The molecule has 6 heteroatoms. The molecule has 0 aliphatic carbocycles. The fraction of sp³-hybridized carbons (Fsp3) is 0.400. The second-order valence-corrected chi connectivity index (χ2v) is 4.96. The number of halogens is 1. The van der Waals surface area contributed by atoms with Crippen molar-refractivity contribution in [2.75, 3.05) is 19.5 Å². The monoisotopic (exact) mass is 309 g/mol. The van der Waals surface area contributed by atoms with Gasteiger partial charge in [-0.3, -0.25) is 4.68 Å². The Bertz CT molecular complexity index is 626. The second kappa shape index (κ2) is 6.72. The molecule has 1 N–H and O–H groups in total. The summed E-state index contributed by atoms with van der Waals surface area (Å²) in [7, 11) is 3.26. The molecule has 21 heavy (non-hydrogen) atoms. The zero-order valence-electron chi connectivity index (χ0n) is 12.7. The molecule has 2 rings (SSSR count). The number of benzene rings is 1. The van der Waals surface area contributed by atoms with E-state index in [-0.39, 0.29) is 0 Å². The SMILES string of the molecule is CCn1nc(C)c(Cl)c1CNc1ccc(OC)cc1OC. The number of nitrogens with one attached hydrogen (secondary N) is 1. The first kappa shape index (κ1) is 15.5. The van der Waals surface area contributed by atoms with E-state index in [2.05, 4.69) is 10.4 Å². The summed E-state index contributed by atoms with van der Waals surface area (Å²) < 4.78 is 12.5. The number of hydrogen-bond acceptors (Lipinski definition) is 4. The Balaban J connectivity index is 2.20. The van der Waals surface area contributed by atoms with Gasteiger partial charge in [0.05, 0.1) is 42.9 Å². The Morgan fingerprint density at radius 2 is 2.05 bits per heavy atom. The van der Waals surface area contributed by atoms with Crippen molar-refractivity contribution in [3.05, 3.63) is 34.6 Å². The van der Waals surface area contributed by atoms with Crippen molar-refractivity contribution in [3.63, 3.8) is 0 Å². The van der Waals surface area contributed by atoms with Crippen LogP contribution in [0.15, 0.2) is 18.2 Å². The molecule has 0 aliphatic rings. The first-order valence-corrected chi connectivity index (χ1v) is 7.16. The van der Waals surface area contributed by atoms with E-state index >= 15 is 0 Å². The van der Waals surface area contributed by atoms with Gasteiger partial charge >= 0.3 is 0 Å². The zero-order valence-corrected chi connectivity index (χ0v) is 13.5. The molecular weight excluding hydrogens is 290 g/mol. The average molecular weight is 310 g/mol. The summed E-state index contributed by atoms with van der Waals surface area (Å²) in [6.45, 7) is 5.31. The van der Waals surface area contributed by atoms with E-state index in [1.807, 2.05) is 36.7 Å². The Hall–Kier alpha value is -1.88. The van der Waals surface area contributed by atoms with Crippen LogP contribution in [0.3, 0.4) is 0 Å². The predicted molar refractivity (Wildman–Crippen MR) is 84.5 cm³/mol. The first-order chi connectivity index (χ1) is 10.1. The van der Waals surface area contributed by atoms with Crippen molar-refractivity contribution in [1.29, 1.82) is 0 Å². The summed E-state index contributed by atoms with van der Waals surface area (Å²) in [4.78, 5) is 0. The fourth-order valence-electron chi connectivity index (χ4n) is 2.16. The zero-order chi connectivity index (χ0) is 15.4. The molecule has 0 saturated carbocycles. The molecule has 0 spiro atoms. The maximum atomic E-state index is 6.31. The molecule has 1 heterocycles. The minimum atomic E-state index is 0.580. The van der Waals surface area contributed by atoms with Gasteiger partial charge in [0.25, 0.3) is 0 Å². The number of methoxy groups -OCH3 is 2. The molecule has 0 saturated heterocycles. The van der Waals surface area contributed by atoms with Gasteiger partial charge in [0.15, 0.2) is 0 Å². The highest BCUT2D eigenvalue weighted by Crippen LogP contribution is 2.30. The van der Waals surface area contributed by atoms with Crippen LogP contribution in [0.4, 0.5) is 5.69 Å². The molecule has 1 aromatic heterocycles. The summed E-state index contributed by atoms with van der Waals surface area (Å²) in [5.74, 6) is 1.48. The van der Waals surface area contributed by atoms with Crippen LogP contribution >= 0.6 is 11.6 Å². The van der Waals surface area contributed by atoms with Crippen LogP contribution in [0.2, 0.25) is 5.02 Å². The molecule has 5 nitrogen and oxygen atoms in total. The normalized spacial score (nSPS) is 10.5. The maximum Gasteiger partial charge on any atom is 0.145 e. The molecule has 2 aromatic rings. The van der Waals surface area contributed by atoms with E-state index < -0.39 is 0 Å². The van der Waals surface area contributed by atoms with E-state index in [1.54, 1.807) is 14.2 Å². The third kappa shape index (κ3) is 3.24. The summed E-state index contributed by atoms with van der Waals surface area (Å²) in [6, 6.07) is 5.65. The van der Waals surface area contributed by atoms with Gasteiger partial charge in [-0.15, -0.1) is 0 Å².